The molecule has 0 radical (unpaired) electrons. The van der Waals surface area contributed by atoms with E-state index in [-0.39, 0.29) is 6.04 Å². The monoisotopic (exact) mass is 395 g/mol. The van der Waals surface area contributed by atoms with Crippen molar-refractivity contribution in [1.82, 2.24) is 9.97 Å². The average molecular weight is 395 g/mol. The molecule has 0 fully saturated rings. The maximum Gasteiger partial charge on any atom is 0.416 e. The number of pyridine rings is 1. The zero-order valence-corrected chi connectivity index (χ0v) is 16.0. The fraction of sp³-hybridized carbons (Fsp3) is 0.174. The summed E-state index contributed by atoms with van der Waals surface area (Å²) in [5.74, 6) is 0.696. The Morgan fingerprint density at radius 1 is 0.931 bits per heavy atom. The maximum atomic E-state index is 13.0. The molecule has 0 aliphatic rings. The number of hydrogen-bond acceptors (Lipinski definition) is 2. The summed E-state index contributed by atoms with van der Waals surface area (Å²) in [5.41, 5.74) is 3.96. The molecule has 0 unspecified atom stereocenters. The first-order valence-electron chi connectivity index (χ1n) is 9.27. The second kappa shape index (κ2) is 7.28. The van der Waals surface area contributed by atoms with Gasteiger partial charge in [-0.25, -0.2) is 4.98 Å². The second-order valence-corrected chi connectivity index (χ2v) is 7.08. The number of aryl methyl sites for hydroxylation is 2. The Morgan fingerprint density at radius 2 is 1.66 bits per heavy atom. The van der Waals surface area contributed by atoms with Crippen molar-refractivity contribution in [2.24, 2.45) is 0 Å². The number of para-hydroxylation sites is 1. The molecule has 3 nitrogen and oxygen atoms in total. The molecule has 0 bridgehead atoms. The first-order chi connectivity index (χ1) is 13.8. The van der Waals surface area contributed by atoms with Crippen molar-refractivity contribution in [3.63, 3.8) is 0 Å². The van der Waals surface area contributed by atoms with Crippen LogP contribution in [-0.4, -0.2) is 9.97 Å². The highest BCUT2D eigenvalue weighted by molar-refractivity contribution is 5.86. The molecule has 0 saturated carbocycles. The number of anilines is 1. The molecule has 0 amide bonds. The molecule has 0 aliphatic carbocycles. The molecular formula is C23H20F3N3. The maximum absolute atomic E-state index is 13.0. The van der Waals surface area contributed by atoms with E-state index >= 15 is 0 Å². The van der Waals surface area contributed by atoms with Gasteiger partial charge < -0.3 is 10.3 Å². The van der Waals surface area contributed by atoms with E-state index in [0.717, 1.165) is 45.4 Å². The van der Waals surface area contributed by atoms with Crippen molar-refractivity contribution < 1.29 is 13.2 Å². The van der Waals surface area contributed by atoms with Gasteiger partial charge in [0.15, 0.2) is 0 Å². The molecule has 6 heteroatoms. The summed E-state index contributed by atoms with van der Waals surface area (Å²) in [7, 11) is 0. The lowest BCUT2D eigenvalue weighted by Gasteiger charge is -2.22. The fourth-order valence-corrected chi connectivity index (χ4v) is 3.63. The van der Waals surface area contributed by atoms with Crippen molar-refractivity contribution >= 4 is 16.7 Å². The van der Waals surface area contributed by atoms with Crippen molar-refractivity contribution in [2.75, 3.05) is 5.32 Å². The Kier molecular flexibility index (Phi) is 4.78. The van der Waals surface area contributed by atoms with Crippen molar-refractivity contribution in [3.8, 4) is 0 Å². The zero-order chi connectivity index (χ0) is 20.6. The minimum atomic E-state index is -4.37. The lowest BCUT2D eigenvalue weighted by atomic mass is 9.95. The molecule has 2 heterocycles. The second-order valence-electron chi connectivity index (χ2n) is 7.08. The largest absolute Gasteiger partial charge is 0.416 e. The third kappa shape index (κ3) is 3.70. The Hall–Kier alpha value is -3.28. The predicted molar refractivity (Wildman–Crippen MR) is 109 cm³/mol. The number of aromatic nitrogens is 2. The van der Waals surface area contributed by atoms with Crippen LogP contribution in [0.4, 0.5) is 19.0 Å². The number of halogens is 3. The Bertz CT molecular complexity index is 1140. The Labute approximate surface area is 166 Å². The molecule has 0 spiro atoms. The number of nitrogens with one attached hydrogen (secondary N) is 2. The molecule has 2 N–H and O–H groups in total. The van der Waals surface area contributed by atoms with Gasteiger partial charge in [-0.15, -0.1) is 0 Å². The number of fused-ring (bicyclic) bond motifs is 1. The van der Waals surface area contributed by atoms with Crippen LogP contribution in [0.3, 0.4) is 0 Å². The smallest absolute Gasteiger partial charge is 0.359 e. The van der Waals surface area contributed by atoms with Gasteiger partial charge in [-0.3, -0.25) is 0 Å². The Morgan fingerprint density at radius 3 is 2.34 bits per heavy atom. The van der Waals surface area contributed by atoms with E-state index in [2.05, 4.69) is 15.3 Å². The number of nitrogens with zero attached hydrogens (tertiary/aromatic N) is 1. The summed E-state index contributed by atoms with van der Waals surface area (Å²) in [5, 5.41) is 4.47. The summed E-state index contributed by atoms with van der Waals surface area (Å²) < 4.78 is 39.1. The van der Waals surface area contributed by atoms with Crippen LogP contribution in [0.2, 0.25) is 0 Å². The number of alkyl halides is 3. The van der Waals surface area contributed by atoms with E-state index < -0.39 is 11.7 Å². The van der Waals surface area contributed by atoms with Crippen molar-refractivity contribution in [3.05, 3.63) is 94.8 Å². The zero-order valence-electron chi connectivity index (χ0n) is 16.0. The van der Waals surface area contributed by atoms with Gasteiger partial charge in [0, 0.05) is 28.4 Å². The summed E-state index contributed by atoms with van der Waals surface area (Å²) >= 11 is 0. The number of hydrogen-bond donors (Lipinski definition) is 2. The summed E-state index contributed by atoms with van der Waals surface area (Å²) in [6.45, 7) is 3.92. The van der Waals surface area contributed by atoms with E-state index in [9.17, 15) is 13.2 Å². The van der Waals surface area contributed by atoms with Crippen LogP contribution in [0.25, 0.3) is 10.9 Å². The number of benzene rings is 2. The van der Waals surface area contributed by atoms with E-state index in [1.807, 2.05) is 50.2 Å². The summed E-state index contributed by atoms with van der Waals surface area (Å²) in [6.07, 6.45) is -2.67. The first-order valence-corrected chi connectivity index (χ1v) is 9.27. The van der Waals surface area contributed by atoms with Crippen molar-refractivity contribution in [1.29, 1.82) is 0 Å². The highest BCUT2D eigenvalue weighted by Gasteiger charge is 2.31. The molecule has 29 heavy (non-hydrogen) atoms. The summed E-state index contributed by atoms with van der Waals surface area (Å²) in [4.78, 5) is 7.79. The molecule has 4 rings (SSSR count). The average Bonchev–Trinajstić information content (AvgIpc) is 3.02. The standard InChI is InChI=1S/C23H20F3N3/c1-14-6-5-13-27-22(14)29-21(16-9-11-17(12-10-16)23(24,25)26)20-15(2)28-19-8-4-3-7-18(19)20/h3-13,21,28H,1-2H3,(H,27,29)/t21-/m0/s1. The predicted octanol–water partition coefficient (Wildman–Crippen LogP) is 6.40. The number of H-pyrrole nitrogens is 1. The van der Waals surface area contributed by atoms with E-state index in [0.29, 0.717) is 5.82 Å². The quantitative estimate of drug-likeness (QED) is 0.420. The van der Waals surface area contributed by atoms with E-state index in [1.54, 1.807) is 6.20 Å². The molecule has 0 saturated heterocycles. The summed E-state index contributed by atoms with van der Waals surface area (Å²) in [6, 6.07) is 16.6. The third-order valence-corrected chi connectivity index (χ3v) is 5.09. The minimum Gasteiger partial charge on any atom is -0.359 e. The minimum absolute atomic E-state index is 0.359. The van der Waals surface area contributed by atoms with Gasteiger partial charge >= 0.3 is 6.18 Å². The normalized spacial score (nSPS) is 12.9. The van der Waals surface area contributed by atoms with Crippen LogP contribution in [-0.2, 0) is 6.18 Å². The lowest BCUT2D eigenvalue weighted by molar-refractivity contribution is -0.137. The van der Waals surface area contributed by atoms with E-state index in [4.69, 9.17) is 0 Å². The van der Waals surface area contributed by atoms with Gasteiger partial charge in [0.25, 0.3) is 0 Å². The van der Waals surface area contributed by atoms with Crippen LogP contribution >= 0.6 is 0 Å². The van der Waals surface area contributed by atoms with Gasteiger partial charge in [-0.2, -0.15) is 13.2 Å². The molecular weight excluding hydrogens is 375 g/mol. The number of rotatable bonds is 4. The third-order valence-electron chi connectivity index (χ3n) is 5.09. The SMILES string of the molecule is Cc1cccnc1N[C@@H](c1ccc(C(F)(F)F)cc1)c1c(C)[nH]c2ccccc12. The first kappa shape index (κ1) is 19.1. The van der Waals surface area contributed by atoms with Crippen LogP contribution in [0.15, 0.2) is 66.9 Å². The molecule has 1 atom stereocenters. The Balaban J connectivity index is 1.85. The highest BCUT2D eigenvalue weighted by atomic mass is 19.4. The highest BCUT2D eigenvalue weighted by Crippen LogP contribution is 2.36. The van der Waals surface area contributed by atoms with Crippen LogP contribution in [0.5, 0.6) is 0 Å². The fourth-order valence-electron chi connectivity index (χ4n) is 3.63. The van der Waals surface area contributed by atoms with E-state index in [1.165, 1.54) is 12.1 Å². The molecule has 4 aromatic rings. The van der Waals surface area contributed by atoms with Crippen LogP contribution in [0.1, 0.15) is 34.0 Å². The van der Waals surface area contributed by atoms with Gasteiger partial charge in [-0.05, 0) is 49.2 Å². The van der Waals surface area contributed by atoms with Gasteiger partial charge in [-0.1, -0.05) is 36.4 Å². The van der Waals surface area contributed by atoms with Crippen LogP contribution < -0.4 is 5.32 Å². The molecule has 0 aliphatic heterocycles. The van der Waals surface area contributed by atoms with Gasteiger partial charge in [0.05, 0.1) is 11.6 Å². The molecule has 148 valence electrons. The number of aromatic amines is 1. The van der Waals surface area contributed by atoms with Crippen LogP contribution in [0, 0.1) is 13.8 Å². The lowest BCUT2D eigenvalue weighted by Crippen LogP contribution is -2.15. The molecule has 2 aromatic heterocycles. The van der Waals surface area contributed by atoms with Gasteiger partial charge in [0.1, 0.15) is 5.82 Å². The van der Waals surface area contributed by atoms with Gasteiger partial charge in [0.2, 0.25) is 0 Å². The topological polar surface area (TPSA) is 40.7 Å². The van der Waals surface area contributed by atoms with Crippen molar-refractivity contribution in [2.45, 2.75) is 26.1 Å². The molecule has 2 aromatic carbocycles.